The lowest BCUT2D eigenvalue weighted by atomic mass is 9.88. The Hall–Kier alpha value is -1.60. The van der Waals surface area contributed by atoms with E-state index in [4.69, 9.17) is 0 Å². The lowest BCUT2D eigenvalue weighted by Crippen LogP contribution is -2.30. The molecule has 1 unspecified atom stereocenters. The van der Waals surface area contributed by atoms with Gasteiger partial charge in [0.2, 0.25) is 0 Å². The maximum Gasteiger partial charge on any atom is 0.0579 e. The fourth-order valence-corrected chi connectivity index (χ4v) is 2.97. The van der Waals surface area contributed by atoms with Gasteiger partial charge < -0.3 is 5.32 Å². The van der Waals surface area contributed by atoms with Crippen molar-refractivity contribution >= 4 is 0 Å². The Morgan fingerprint density at radius 1 is 1.16 bits per heavy atom. The maximum absolute atomic E-state index is 3.67. The first-order valence-electron chi connectivity index (χ1n) is 7.19. The first-order valence-corrected chi connectivity index (χ1v) is 7.19. The minimum Gasteiger partial charge on any atom is -0.306 e. The Bertz CT molecular complexity index is 586. The predicted molar refractivity (Wildman–Crippen MR) is 80.5 cm³/mol. The number of hydrogen-bond acceptors (Lipinski definition) is 1. The van der Waals surface area contributed by atoms with Crippen LogP contribution in [-0.2, 0) is 12.8 Å². The molecule has 1 heterocycles. The zero-order chi connectivity index (χ0) is 13.2. The molecule has 1 atom stereocenters. The van der Waals surface area contributed by atoms with Crippen LogP contribution in [0.25, 0.3) is 0 Å². The summed E-state index contributed by atoms with van der Waals surface area (Å²) in [6.07, 6.45) is 2.25. The normalized spacial score (nSPS) is 18.1. The van der Waals surface area contributed by atoms with Gasteiger partial charge >= 0.3 is 0 Å². The average Bonchev–Trinajstić information content (AvgIpc) is 2.46. The summed E-state index contributed by atoms with van der Waals surface area (Å²) in [6.45, 7) is 5.45. The molecule has 0 radical (unpaired) electrons. The smallest absolute Gasteiger partial charge is 0.0579 e. The third-order valence-electron chi connectivity index (χ3n) is 4.05. The molecular formula is C18H21N. The molecule has 0 saturated heterocycles. The predicted octanol–water partition coefficient (Wildman–Crippen LogP) is 3.79. The van der Waals surface area contributed by atoms with Gasteiger partial charge in [-0.3, -0.25) is 0 Å². The minimum atomic E-state index is 0.357. The van der Waals surface area contributed by atoms with E-state index in [1.807, 2.05) is 0 Å². The summed E-state index contributed by atoms with van der Waals surface area (Å²) in [5, 5.41) is 3.67. The van der Waals surface area contributed by atoms with Crippen LogP contribution in [0.2, 0.25) is 0 Å². The van der Waals surface area contributed by atoms with Crippen LogP contribution in [0.15, 0.2) is 42.5 Å². The molecule has 3 rings (SSSR count). The lowest BCUT2D eigenvalue weighted by molar-refractivity contribution is 0.567. The summed E-state index contributed by atoms with van der Waals surface area (Å²) in [4.78, 5) is 0. The van der Waals surface area contributed by atoms with E-state index in [1.165, 1.54) is 27.8 Å². The van der Waals surface area contributed by atoms with Crippen molar-refractivity contribution in [2.24, 2.45) is 0 Å². The van der Waals surface area contributed by atoms with Crippen molar-refractivity contribution in [3.63, 3.8) is 0 Å². The lowest BCUT2D eigenvalue weighted by Gasteiger charge is -2.28. The molecule has 0 aromatic heterocycles. The van der Waals surface area contributed by atoms with E-state index in [0.29, 0.717) is 6.04 Å². The number of aryl methyl sites for hydroxylation is 2. The monoisotopic (exact) mass is 251 g/mol. The Kier molecular flexibility index (Phi) is 3.39. The largest absolute Gasteiger partial charge is 0.306 e. The van der Waals surface area contributed by atoms with Crippen molar-refractivity contribution in [2.45, 2.75) is 32.7 Å². The molecule has 0 aliphatic carbocycles. The van der Waals surface area contributed by atoms with Crippen molar-refractivity contribution in [3.05, 3.63) is 70.3 Å². The van der Waals surface area contributed by atoms with Crippen molar-refractivity contribution in [1.29, 1.82) is 0 Å². The summed E-state index contributed by atoms with van der Waals surface area (Å²) in [6, 6.07) is 16.2. The van der Waals surface area contributed by atoms with Gasteiger partial charge in [-0.25, -0.2) is 0 Å². The van der Waals surface area contributed by atoms with Gasteiger partial charge in [-0.1, -0.05) is 55.0 Å². The van der Waals surface area contributed by atoms with Gasteiger partial charge in [0.25, 0.3) is 0 Å². The number of fused-ring (bicyclic) bond motifs is 1. The molecule has 2 aromatic rings. The van der Waals surface area contributed by atoms with Crippen molar-refractivity contribution in [1.82, 2.24) is 5.32 Å². The van der Waals surface area contributed by atoms with E-state index in [1.54, 1.807) is 0 Å². The molecular weight excluding hydrogens is 230 g/mol. The average molecular weight is 251 g/mol. The van der Waals surface area contributed by atoms with Gasteiger partial charge in [-0.15, -0.1) is 0 Å². The number of benzene rings is 2. The highest BCUT2D eigenvalue weighted by Crippen LogP contribution is 2.30. The fraction of sp³-hybridized carbons (Fsp3) is 0.333. The molecule has 1 nitrogen and oxygen atoms in total. The second-order valence-corrected chi connectivity index (χ2v) is 5.44. The first-order chi connectivity index (χ1) is 9.28. The third-order valence-corrected chi connectivity index (χ3v) is 4.05. The van der Waals surface area contributed by atoms with Gasteiger partial charge in [0.05, 0.1) is 6.04 Å². The van der Waals surface area contributed by atoms with Crippen LogP contribution < -0.4 is 5.32 Å². The summed E-state index contributed by atoms with van der Waals surface area (Å²) < 4.78 is 0. The van der Waals surface area contributed by atoms with Gasteiger partial charge in [-0.05, 0) is 42.0 Å². The molecule has 0 saturated carbocycles. The van der Waals surface area contributed by atoms with Crippen LogP contribution in [0.1, 0.15) is 40.8 Å². The second-order valence-electron chi connectivity index (χ2n) is 5.44. The summed E-state index contributed by atoms with van der Waals surface area (Å²) in [7, 11) is 0. The molecule has 98 valence electrons. The number of rotatable bonds is 2. The van der Waals surface area contributed by atoms with Crippen LogP contribution >= 0.6 is 0 Å². The van der Waals surface area contributed by atoms with Crippen LogP contribution in [0.4, 0.5) is 0 Å². The SMILES string of the molecule is CCc1ccc2c(c1)C(c1cccc(C)c1)NCC2. The van der Waals surface area contributed by atoms with E-state index in [-0.39, 0.29) is 0 Å². The molecule has 1 N–H and O–H groups in total. The first kappa shape index (κ1) is 12.4. The Labute approximate surface area is 115 Å². The molecule has 1 aliphatic rings. The molecule has 0 fully saturated rings. The quantitative estimate of drug-likeness (QED) is 0.856. The van der Waals surface area contributed by atoms with Crippen LogP contribution in [0, 0.1) is 6.92 Å². The molecule has 1 heteroatoms. The highest BCUT2D eigenvalue weighted by molar-refractivity contribution is 5.42. The van der Waals surface area contributed by atoms with E-state index >= 15 is 0 Å². The molecule has 0 bridgehead atoms. The van der Waals surface area contributed by atoms with Crippen LogP contribution in [-0.4, -0.2) is 6.54 Å². The Balaban J connectivity index is 2.06. The molecule has 0 spiro atoms. The molecule has 1 aliphatic heterocycles. The number of nitrogens with one attached hydrogen (secondary N) is 1. The fourth-order valence-electron chi connectivity index (χ4n) is 2.97. The Morgan fingerprint density at radius 2 is 2.05 bits per heavy atom. The highest BCUT2D eigenvalue weighted by Gasteiger charge is 2.21. The van der Waals surface area contributed by atoms with E-state index in [2.05, 4.69) is 61.6 Å². The summed E-state index contributed by atoms with van der Waals surface area (Å²) in [5.41, 5.74) is 7.12. The maximum atomic E-state index is 3.67. The van der Waals surface area contributed by atoms with Gasteiger partial charge in [-0.2, -0.15) is 0 Å². The van der Waals surface area contributed by atoms with Crippen molar-refractivity contribution in [2.75, 3.05) is 6.54 Å². The van der Waals surface area contributed by atoms with Crippen LogP contribution in [0.3, 0.4) is 0 Å². The van der Waals surface area contributed by atoms with Gasteiger partial charge in [0.1, 0.15) is 0 Å². The third kappa shape index (κ3) is 2.43. The van der Waals surface area contributed by atoms with Crippen molar-refractivity contribution in [3.8, 4) is 0 Å². The summed E-state index contributed by atoms with van der Waals surface area (Å²) in [5.74, 6) is 0. The van der Waals surface area contributed by atoms with Crippen molar-refractivity contribution < 1.29 is 0 Å². The minimum absolute atomic E-state index is 0.357. The zero-order valence-electron chi connectivity index (χ0n) is 11.7. The van der Waals surface area contributed by atoms with E-state index in [0.717, 1.165) is 19.4 Å². The number of hydrogen-bond donors (Lipinski definition) is 1. The highest BCUT2D eigenvalue weighted by atomic mass is 14.9. The molecule has 0 amide bonds. The molecule has 2 aromatic carbocycles. The van der Waals surface area contributed by atoms with E-state index in [9.17, 15) is 0 Å². The summed E-state index contributed by atoms with van der Waals surface area (Å²) >= 11 is 0. The van der Waals surface area contributed by atoms with Crippen LogP contribution in [0.5, 0.6) is 0 Å². The Morgan fingerprint density at radius 3 is 2.84 bits per heavy atom. The van der Waals surface area contributed by atoms with E-state index < -0.39 is 0 Å². The topological polar surface area (TPSA) is 12.0 Å². The standard InChI is InChI=1S/C18H21N/c1-3-14-7-8-15-9-10-19-18(17(15)12-14)16-6-4-5-13(2)11-16/h4-8,11-12,18-19H,3,9-10H2,1-2H3. The molecule has 19 heavy (non-hydrogen) atoms. The zero-order valence-corrected chi connectivity index (χ0v) is 11.7. The van der Waals surface area contributed by atoms with Gasteiger partial charge in [0.15, 0.2) is 0 Å². The van der Waals surface area contributed by atoms with Gasteiger partial charge in [0, 0.05) is 6.54 Å². The second kappa shape index (κ2) is 5.18.